The Morgan fingerprint density at radius 2 is 1.62 bits per heavy atom. The summed E-state index contributed by atoms with van der Waals surface area (Å²) in [5.41, 5.74) is 2.76. The number of ether oxygens (including phenoxy) is 2. The second kappa shape index (κ2) is 11.0. The largest absolute Gasteiger partial charge is 0.482 e. The van der Waals surface area contributed by atoms with Crippen LogP contribution in [-0.2, 0) is 20.7 Å². The van der Waals surface area contributed by atoms with Crippen LogP contribution in [0.2, 0.25) is 0 Å². The number of benzene rings is 2. The van der Waals surface area contributed by atoms with Gasteiger partial charge in [0.25, 0.3) is 5.91 Å². The number of nitrogens with one attached hydrogen (secondary N) is 1. The van der Waals surface area contributed by atoms with E-state index in [2.05, 4.69) is 31.3 Å². The number of carbonyl (C=O) groups excluding carboxylic acids is 3. The van der Waals surface area contributed by atoms with E-state index in [1.54, 1.807) is 24.3 Å². The first kappa shape index (κ1) is 22.1. The molecule has 0 aliphatic rings. The Labute approximate surface area is 171 Å². The van der Waals surface area contributed by atoms with Gasteiger partial charge in [-0.1, -0.05) is 38.1 Å². The molecule has 0 radical (unpaired) electrons. The molecule has 0 saturated carbocycles. The standard InChI is InChI=1S/C23H27NO5/c1-16(2)12-18-4-8-20(9-5-18)17(3)24-22(26)14-29-23(27)15-28-21-10-6-19(13-25)7-11-21/h4-11,13,16-17H,12,14-15H2,1-3H3,(H,24,26)/t17-/m1/s1. The smallest absolute Gasteiger partial charge is 0.344 e. The molecule has 1 N–H and O–H groups in total. The van der Waals surface area contributed by atoms with Gasteiger partial charge in [0.2, 0.25) is 0 Å². The molecule has 6 heteroatoms. The summed E-state index contributed by atoms with van der Waals surface area (Å²) in [7, 11) is 0. The fourth-order valence-corrected chi connectivity index (χ4v) is 2.75. The van der Waals surface area contributed by atoms with Crippen LogP contribution in [0.1, 0.15) is 48.3 Å². The van der Waals surface area contributed by atoms with Gasteiger partial charge in [0, 0.05) is 5.56 Å². The van der Waals surface area contributed by atoms with Crippen molar-refractivity contribution >= 4 is 18.2 Å². The maximum atomic E-state index is 12.0. The third kappa shape index (κ3) is 7.78. The molecule has 154 valence electrons. The van der Waals surface area contributed by atoms with Crippen molar-refractivity contribution < 1.29 is 23.9 Å². The van der Waals surface area contributed by atoms with Crippen molar-refractivity contribution in [1.29, 1.82) is 0 Å². The molecule has 0 aliphatic heterocycles. The lowest BCUT2D eigenvalue weighted by atomic mass is 10.00. The molecule has 0 bridgehead atoms. The third-order valence-electron chi connectivity index (χ3n) is 4.24. The summed E-state index contributed by atoms with van der Waals surface area (Å²) in [5.74, 6) is -0.00312. The van der Waals surface area contributed by atoms with Crippen molar-refractivity contribution in [3.63, 3.8) is 0 Å². The van der Waals surface area contributed by atoms with Gasteiger partial charge in [-0.15, -0.1) is 0 Å². The lowest BCUT2D eigenvalue weighted by Crippen LogP contribution is -2.31. The molecule has 0 aliphatic carbocycles. The molecule has 0 fully saturated rings. The predicted molar refractivity (Wildman–Crippen MR) is 110 cm³/mol. The van der Waals surface area contributed by atoms with Gasteiger partial charge in [-0.3, -0.25) is 9.59 Å². The van der Waals surface area contributed by atoms with E-state index in [0.29, 0.717) is 17.2 Å². The van der Waals surface area contributed by atoms with Gasteiger partial charge in [-0.05, 0) is 54.7 Å². The van der Waals surface area contributed by atoms with Crippen LogP contribution in [-0.4, -0.2) is 31.4 Å². The molecule has 2 aromatic carbocycles. The minimum Gasteiger partial charge on any atom is -0.482 e. The first-order valence-electron chi connectivity index (χ1n) is 9.59. The molecular weight excluding hydrogens is 370 g/mol. The molecule has 1 atom stereocenters. The molecule has 2 aromatic rings. The van der Waals surface area contributed by atoms with E-state index in [0.717, 1.165) is 18.3 Å². The van der Waals surface area contributed by atoms with Crippen LogP contribution in [0, 0.1) is 5.92 Å². The molecule has 0 unspecified atom stereocenters. The lowest BCUT2D eigenvalue weighted by Gasteiger charge is -2.15. The molecule has 6 nitrogen and oxygen atoms in total. The van der Waals surface area contributed by atoms with E-state index in [1.807, 2.05) is 19.1 Å². The van der Waals surface area contributed by atoms with Crippen LogP contribution in [0.15, 0.2) is 48.5 Å². The maximum absolute atomic E-state index is 12.0. The summed E-state index contributed by atoms with van der Waals surface area (Å²) < 4.78 is 10.2. The highest BCUT2D eigenvalue weighted by molar-refractivity contribution is 5.81. The Morgan fingerprint density at radius 3 is 2.21 bits per heavy atom. The van der Waals surface area contributed by atoms with Gasteiger partial charge in [-0.25, -0.2) is 4.79 Å². The van der Waals surface area contributed by atoms with Gasteiger partial charge in [0.05, 0.1) is 6.04 Å². The molecular formula is C23H27NO5. The fraction of sp³-hybridized carbons (Fsp3) is 0.348. The predicted octanol–water partition coefficient (Wildman–Crippen LogP) is 3.50. The van der Waals surface area contributed by atoms with E-state index in [4.69, 9.17) is 9.47 Å². The van der Waals surface area contributed by atoms with Crippen LogP contribution < -0.4 is 10.1 Å². The molecule has 29 heavy (non-hydrogen) atoms. The number of carbonyl (C=O) groups is 3. The molecule has 0 heterocycles. The average molecular weight is 397 g/mol. The second-order valence-electron chi connectivity index (χ2n) is 7.26. The van der Waals surface area contributed by atoms with E-state index in [9.17, 15) is 14.4 Å². The van der Waals surface area contributed by atoms with Gasteiger partial charge >= 0.3 is 5.97 Å². The van der Waals surface area contributed by atoms with E-state index in [-0.39, 0.29) is 25.2 Å². The van der Waals surface area contributed by atoms with Crippen molar-refractivity contribution in [2.45, 2.75) is 33.2 Å². The van der Waals surface area contributed by atoms with Crippen LogP contribution >= 0.6 is 0 Å². The zero-order chi connectivity index (χ0) is 21.2. The quantitative estimate of drug-likeness (QED) is 0.490. The van der Waals surface area contributed by atoms with Gasteiger partial charge in [0.1, 0.15) is 12.0 Å². The summed E-state index contributed by atoms with van der Waals surface area (Å²) in [6.07, 6.45) is 1.73. The number of amides is 1. The highest BCUT2D eigenvalue weighted by atomic mass is 16.6. The maximum Gasteiger partial charge on any atom is 0.344 e. The van der Waals surface area contributed by atoms with Gasteiger partial charge < -0.3 is 14.8 Å². The first-order valence-corrected chi connectivity index (χ1v) is 9.59. The normalized spacial score (nSPS) is 11.6. The van der Waals surface area contributed by atoms with Gasteiger partial charge in [-0.2, -0.15) is 0 Å². The highest BCUT2D eigenvalue weighted by Gasteiger charge is 2.12. The SMILES string of the molecule is CC(C)Cc1ccc([C@@H](C)NC(=O)COC(=O)COc2ccc(C=O)cc2)cc1. The number of rotatable bonds is 10. The minimum atomic E-state index is -0.648. The Balaban J connectivity index is 1.72. The molecule has 0 aromatic heterocycles. The van der Waals surface area contributed by atoms with Crippen molar-refractivity contribution in [2.75, 3.05) is 13.2 Å². The van der Waals surface area contributed by atoms with Crippen LogP contribution in [0.25, 0.3) is 0 Å². The van der Waals surface area contributed by atoms with Crippen molar-refractivity contribution in [2.24, 2.45) is 5.92 Å². The molecule has 2 rings (SSSR count). The van der Waals surface area contributed by atoms with Crippen molar-refractivity contribution in [3.8, 4) is 5.75 Å². The first-order chi connectivity index (χ1) is 13.9. The topological polar surface area (TPSA) is 81.7 Å². The number of esters is 1. The van der Waals surface area contributed by atoms with Gasteiger partial charge in [0.15, 0.2) is 13.2 Å². The number of hydrogen-bond donors (Lipinski definition) is 1. The summed E-state index contributed by atoms with van der Waals surface area (Å²) in [5, 5.41) is 2.81. The Morgan fingerprint density at radius 1 is 0.966 bits per heavy atom. The van der Waals surface area contributed by atoms with Crippen LogP contribution in [0.4, 0.5) is 0 Å². The monoisotopic (exact) mass is 397 g/mol. The van der Waals surface area contributed by atoms with Crippen molar-refractivity contribution in [3.05, 3.63) is 65.2 Å². The summed E-state index contributed by atoms with van der Waals surface area (Å²) >= 11 is 0. The van der Waals surface area contributed by atoms with Crippen molar-refractivity contribution in [1.82, 2.24) is 5.32 Å². The average Bonchev–Trinajstić information content (AvgIpc) is 2.71. The Hall–Kier alpha value is -3.15. The van der Waals surface area contributed by atoms with E-state index in [1.165, 1.54) is 5.56 Å². The second-order valence-corrected chi connectivity index (χ2v) is 7.26. The van der Waals surface area contributed by atoms with Crippen LogP contribution in [0.5, 0.6) is 5.75 Å². The molecule has 0 saturated heterocycles. The minimum absolute atomic E-state index is 0.193. The van der Waals surface area contributed by atoms with Crippen LogP contribution in [0.3, 0.4) is 0 Å². The zero-order valence-electron chi connectivity index (χ0n) is 17.0. The Kier molecular flexibility index (Phi) is 8.40. The van der Waals surface area contributed by atoms with E-state index < -0.39 is 5.97 Å². The third-order valence-corrected chi connectivity index (χ3v) is 4.24. The fourth-order valence-electron chi connectivity index (χ4n) is 2.75. The summed E-state index contributed by atoms with van der Waals surface area (Å²) in [6.45, 7) is 5.53. The zero-order valence-corrected chi connectivity index (χ0v) is 17.0. The number of hydrogen-bond acceptors (Lipinski definition) is 5. The summed E-state index contributed by atoms with van der Waals surface area (Å²) in [6, 6.07) is 14.3. The summed E-state index contributed by atoms with van der Waals surface area (Å²) in [4.78, 5) is 34.4. The Bertz CT molecular complexity index is 812. The van der Waals surface area contributed by atoms with E-state index >= 15 is 0 Å². The molecule has 0 spiro atoms. The number of aldehydes is 1. The molecule has 1 amide bonds. The lowest BCUT2D eigenvalue weighted by molar-refractivity contribution is -0.150. The highest BCUT2D eigenvalue weighted by Crippen LogP contribution is 2.15.